The number of rotatable bonds is 7. The summed E-state index contributed by atoms with van der Waals surface area (Å²) in [6, 6.07) is 22.7. The van der Waals surface area contributed by atoms with Gasteiger partial charge in [0.15, 0.2) is 5.65 Å². The molecule has 0 bridgehead atoms. The van der Waals surface area contributed by atoms with E-state index >= 15 is 0 Å². The van der Waals surface area contributed by atoms with Crippen LogP contribution in [0.15, 0.2) is 104 Å². The maximum absolute atomic E-state index is 4.63. The van der Waals surface area contributed by atoms with E-state index in [1.807, 2.05) is 55.2 Å². The van der Waals surface area contributed by atoms with E-state index in [1.165, 1.54) is 5.56 Å². The summed E-state index contributed by atoms with van der Waals surface area (Å²) in [5, 5.41) is 13.1. The van der Waals surface area contributed by atoms with Crippen LogP contribution in [0.1, 0.15) is 11.1 Å². The number of aromatic nitrogens is 7. The van der Waals surface area contributed by atoms with Gasteiger partial charge in [-0.15, -0.1) is 0 Å². The highest BCUT2D eigenvalue weighted by atomic mass is 15.2. The molecule has 0 radical (unpaired) electrons. The van der Waals surface area contributed by atoms with Crippen molar-refractivity contribution in [3.8, 4) is 33.8 Å². The number of aromatic amines is 2. The predicted molar refractivity (Wildman–Crippen MR) is 152 cm³/mol. The number of fused-ring (bicyclic) bond motifs is 2. The number of hydrogen-bond donors (Lipinski definition) is 3. The number of nitrogens with zero attached hydrogens (tertiary/aromatic N) is 5. The summed E-state index contributed by atoms with van der Waals surface area (Å²) in [6.45, 7) is 1.53. The van der Waals surface area contributed by atoms with E-state index in [2.05, 4.69) is 82.9 Å². The fourth-order valence-corrected chi connectivity index (χ4v) is 4.87. The minimum atomic E-state index is 0.659. The van der Waals surface area contributed by atoms with Gasteiger partial charge in [0.25, 0.3) is 0 Å². The Hall–Kier alpha value is -5.21. The third-order valence-corrected chi connectivity index (χ3v) is 6.79. The van der Waals surface area contributed by atoms with Crippen LogP contribution in [-0.2, 0) is 13.1 Å². The summed E-state index contributed by atoms with van der Waals surface area (Å²) in [4.78, 5) is 21.5. The molecule has 6 aromatic heterocycles. The number of H-pyrrole nitrogens is 2. The fraction of sp³-hybridized carbons (Fsp3) is 0.0645. The van der Waals surface area contributed by atoms with Crippen LogP contribution >= 0.6 is 0 Å². The number of pyridine rings is 4. The largest absolute Gasteiger partial charge is 0.353 e. The Bertz CT molecular complexity index is 1890. The van der Waals surface area contributed by atoms with Gasteiger partial charge < -0.3 is 10.3 Å². The van der Waals surface area contributed by atoms with Gasteiger partial charge in [-0.3, -0.25) is 20.1 Å². The second-order valence-corrected chi connectivity index (χ2v) is 9.41. The Morgan fingerprint density at radius 3 is 2.44 bits per heavy atom. The maximum atomic E-state index is 4.63. The molecule has 0 fully saturated rings. The molecular weight excluding hydrogens is 484 g/mol. The van der Waals surface area contributed by atoms with Crippen LogP contribution in [0, 0.1) is 0 Å². The molecule has 8 nitrogen and oxygen atoms in total. The molecule has 0 saturated heterocycles. The number of nitrogens with one attached hydrogen (secondary N) is 3. The maximum Gasteiger partial charge on any atom is 0.181 e. The molecule has 0 amide bonds. The Morgan fingerprint density at radius 2 is 1.54 bits per heavy atom. The second-order valence-electron chi connectivity index (χ2n) is 9.41. The smallest absolute Gasteiger partial charge is 0.181 e. The summed E-state index contributed by atoms with van der Waals surface area (Å²) in [5.41, 5.74) is 9.66. The second kappa shape index (κ2) is 9.92. The van der Waals surface area contributed by atoms with Gasteiger partial charge in [0.1, 0.15) is 0 Å². The van der Waals surface area contributed by atoms with E-state index in [0.717, 1.165) is 68.7 Å². The van der Waals surface area contributed by atoms with E-state index in [9.17, 15) is 0 Å². The SMILES string of the molecule is c1ccc(CNCc2cncc(-c3cnc4n[nH]c(-c5cc6c(-c7cccnc7)nccc6[nH]5)c4c3)c2)cc1. The van der Waals surface area contributed by atoms with Crippen LogP contribution in [0.2, 0.25) is 0 Å². The lowest BCUT2D eigenvalue weighted by molar-refractivity contribution is 0.691. The minimum Gasteiger partial charge on any atom is -0.353 e. The first-order chi connectivity index (χ1) is 19.3. The van der Waals surface area contributed by atoms with Crippen LogP contribution in [0.25, 0.3) is 55.7 Å². The normalized spacial score (nSPS) is 11.4. The van der Waals surface area contributed by atoms with Gasteiger partial charge in [0.05, 0.1) is 17.1 Å². The molecule has 3 N–H and O–H groups in total. The zero-order valence-corrected chi connectivity index (χ0v) is 21.0. The van der Waals surface area contributed by atoms with Crippen LogP contribution in [0.3, 0.4) is 0 Å². The molecule has 0 saturated carbocycles. The molecule has 0 aliphatic carbocycles. The van der Waals surface area contributed by atoms with E-state index in [1.54, 1.807) is 6.20 Å². The minimum absolute atomic E-state index is 0.659. The molecule has 188 valence electrons. The summed E-state index contributed by atoms with van der Waals surface area (Å²) < 4.78 is 0. The summed E-state index contributed by atoms with van der Waals surface area (Å²) in [7, 11) is 0. The lowest BCUT2D eigenvalue weighted by atomic mass is 10.1. The Morgan fingerprint density at radius 1 is 0.667 bits per heavy atom. The van der Waals surface area contributed by atoms with Crippen molar-refractivity contribution < 1.29 is 0 Å². The van der Waals surface area contributed by atoms with E-state index in [4.69, 9.17) is 0 Å². The monoisotopic (exact) mass is 508 g/mol. The van der Waals surface area contributed by atoms with Gasteiger partial charge in [-0.05, 0) is 47.5 Å². The molecule has 6 heterocycles. The van der Waals surface area contributed by atoms with Gasteiger partial charge in [0.2, 0.25) is 0 Å². The van der Waals surface area contributed by atoms with Gasteiger partial charge in [0, 0.05) is 83.3 Å². The quantitative estimate of drug-likeness (QED) is 0.247. The molecule has 7 rings (SSSR count). The third-order valence-electron chi connectivity index (χ3n) is 6.79. The average molecular weight is 509 g/mol. The summed E-state index contributed by atoms with van der Waals surface area (Å²) >= 11 is 0. The molecule has 39 heavy (non-hydrogen) atoms. The molecule has 0 aliphatic rings. The lowest BCUT2D eigenvalue weighted by Gasteiger charge is -2.07. The Labute approximate surface area is 224 Å². The summed E-state index contributed by atoms with van der Waals surface area (Å²) in [6.07, 6.45) is 11.0. The lowest BCUT2D eigenvalue weighted by Crippen LogP contribution is -2.12. The molecule has 0 unspecified atom stereocenters. The standard InChI is InChI=1S/C31H24N8/c1-2-5-20(6-3-1)14-33-15-21-11-23(18-34-16-21)24-12-26-30(38-39-31(26)36-19-24)28-13-25-27(37-28)8-10-35-29(25)22-7-4-9-32-17-22/h1-13,16-19,33,37H,14-15H2,(H,36,38,39). The fourth-order valence-electron chi connectivity index (χ4n) is 4.87. The van der Waals surface area contributed by atoms with Crippen molar-refractivity contribution >= 4 is 21.9 Å². The summed E-state index contributed by atoms with van der Waals surface area (Å²) in [5.74, 6) is 0. The van der Waals surface area contributed by atoms with Crippen molar-refractivity contribution in [1.29, 1.82) is 0 Å². The molecule has 0 aliphatic heterocycles. The predicted octanol–water partition coefficient (Wildman–Crippen LogP) is 5.92. The van der Waals surface area contributed by atoms with E-state index in [0.29, 0.717) is 5.65 Å². The Balaban J connectivity index is 1.20. The van der Waals surface area contributed by atoms with Crippen LogP contribution in [-0.4, -0.2) is 35.1 Å². The van der Waals surface area contributed by atoms with E-state index < -0.39 is 0 Å². The zero-order chi connectivity index (χ0) is 26.0. The van der Waals surface area contributed by atoms with Crippen LogP contribution < -0.4 is 5.32 Å². The van der Waals surface area contributed by atoms with Crippen molar-refractivity contribution in [3.63, 3.8) is 0 Å². The van der Waals surface area contributed by atoms with Gasteiger partial charge in [-0.2, -0.15) is 5.10 Å². The molecule has 8 heteroatoms. The number of benzene rings is 1. The topological polar surface area (TPSA) is 108 Å². The number of hydrogen-bond acceptors (Lipinski definition) is 6. The van der Waals surface area contributed by atoms with Gasteiger partial charge in [-0.1, -0.05) is 30.3 Å². The molecule has 7 aromatic rings. The van der Waals surface area contributed by atoms with Crippen LogP contribution in [0.4, 0.5) is 0 Å². The molecule has 0 spiro atoms. The first kappa shape index (κ1) is 22.9. The highest BCUT2D eigenvalue weighted by molar-refractivity contribution is 5.99. The molecule has 0 atom stereocenters. The molecular formula is C31H24N8. The van der Waals surface area contributed by atoms with Gasteiger partial charge in [-0.25, -0.2) is 4.98 Å². The first-order valence-electron chi connectivity index (χ1n) is 12.7. The molecule has 1 aromatic carbocycles. The van der Waals surface area contributed by atoms with Crippen molar-refractivity contribution in [1.82, 2.24) is 40.4 Å². The third kappa shape index (κ3) is 4.54. The van der Waals surface area contributed by atoms with Crippen molar-refractivity contribution in [2.45, 2.75) is 13.1 Å². The highest BCUT2D eigenvalue weighted by Gasteiger charge is 2.15. The highest BCUT2D eigenvalue weighted by Crippen LogP contribution is 2.33. The Kier molecular flexibility index (Phi) is 5.84. The van der Waals surface area contributed by atoms with E-state index in [-0.39, 0.29) is 0 Å². The van der Waals surface area contributed by atoms with Crippen molar-refractivity contribution in [2.75, 3.05) is 0 Å². The van der Waals surface area contributed by atoms with Crippen molar-refractivity contribution in [2.24, 2.45) is 0 Å². The van der Waals surface area contributed by atoms with Crippen LogP contribution in [0.5, 0.6) is 0 Å². The average Bonchev–Trinajstić information content (AvgIpc) is 3.62. The van der Waals surface area contributed by atoms with Gasteiger partial charge >= 0.3 is 0 Å². The first-order valence-corrected chi connectivity index (χ1v) is 12.7. The zero-order valence-electron chi connectivity index (χ0n) is 21.0. The van der Waals surface area contributed by atoms with Crippen molar-refractivity contribution in [3.05, 3.63) is 115 Å².